The Labute approximate surface area is 138 Å². The predicted octanol–water partition coefficient (Wildman–Crippen LogP) is 1.45. The van der Waals surface area contributed by atoms with Gasteiger partial charge in [-0.15, -0.1) is 16.8 Å². The smallest absolute Gasteiger partial charge is 0.230 e. The molecule has 0 spiro atoms. The van der Waals surface area contributed by atoms with Crippen molar-refractivity contribution in [3.63, 3.8) is 0 Å². The van der Waals surface area contributed by atoms with Crippen LogP contribution in [0.25, 0.3) is 11.4 Å². The second-order valence-electron chi connectivity index (χ2n) is 4.52. The summed E-state index contributed by atoms with van der Waals surface area (Å²) in [6.07, 6.45) is 1.62. The summed E-state index contributed by atoms with van der Waals surface area (Å²) in [6.45, 7) is 6.52. The van der Waals surface area contributed by atoms with Crippen LogP contribution < -0.4 is 15.9 Å². The van der Waals surface area contributed by atoms with Gasteiger partial charge in [-0.1, -0.05) is 17.8 Å². The standard InChI is InChI=1S/C15H19N5O2S/c1-3-9-17-13(21)10-23-15-19-18-14(20(15)16)11-5-7-12(8-6-11)22-4-2/h3,5-8H,1,4,9-10,16H2,2H3,(H,17,21). The number of amides is 1. The number of ether oxygens (including phenoxy) is 1. The van der Waals surface area contributed by atoms with Gasteiger partial charge in [0.05, 0.1) is 12.4 Å². The highest BCUT2D eigenvalue weighted by Gasteiger charge is 2.13. The molecule has 2 rings (SSSR count). The maximum absolute atomic E-state index is 11.6. The lowest BCUT2D eigenvalue weighted by Gasteiger charge is -2.06. The third-order valence-electron chi connectivity index (χ3n) is 2.86. The van der Waals surface area contributed by atoms with Gasteiger partial charge in [0.25, 0.3) is 0 Å². The first-order valence-electron chi connectivity index (χ1n) is 7.09. The predicted molar refractivity (Wildman–Crippen MR) is 90.7 cm³/mol. The topological polar surface area (TPSA) is 95.1 Å². The van der Waals surface area contributed by atoms with Crippen molar-refractivity contribution in [2.45, 2.75) is 12.1 Å². The quantitative estimate of drug-likeness (QED) is 0.431. The second kappa shape index (κ2) is 8.23. The Balaban J connectivity index is 2.03. The molecule has 3 N–H and O–H groups in total. The Morgan fingerprint density at radius 3 is 2.83 bits per heavy atom. The molecule has 0 saturated carbocycles. The highest BCUT2D eigenvalue weighted by Crippen LogP contribution is 2.23. The third kappa shape index (κ3) is 4.49. The fourth-order valence-electron chi connectivity index (χ4n) is 1.81. The molecule has 1 heterocycles. The van der Waals surface area contributed by atoms with Crippen molar-refractivity contribution in [2.75, 3.05) is 24.7 Å². The lowest BCUT2D eigenvalue weighted by atomic mass is 10.2. The second-order valence-corrected chi connectivity index (χ2v) is 5.46. The van der Waals surface area contributed by atoms with E-state index < -0.39 is 0 Å². The minimum absolute atomic E-state index is 0.111. The van der Waals surface area contributed by atoms with E-state index in [9.17, 15) is 4.79 Å². The molecule has 0 aliphatic heterocycles. The zero-order valence-electron chi connectivity index (χ0n) is 12.9. The van der Waals surface area contributed by atoms with E-state index in [1.165, 1.54) is 16.4 Å². The fraction of sp³-hybridized carbons (Fsp3) is 0.267. The van der Waals surface area contributed by atoms with Crippen molar-refractivity contribution in [2.24, 2.45) is 0 Å². The van der Waals surface area contributed by atoms with Gasteiger partial charge in [0.2, 0.25) is 11.1 Å². The molecule has 0 fully saturated rings. The van der Waals surface area contributed by atoms with Gasteiger partial charge in [0.15, 0.2) is 5.82 Å². The first-order valence-corrected chi connectivity index (χ1v) is 8.08. The highest BCUT2D eigenvalue weighted by atomic mass is 32.2. The molecule has 7 nitrogen and oxygen atoms in total. The van der Waals surface area contributed by atoms with Crippen molar-refractivity contribution >= 4 is 17.7 Å². The summed E-state index contributed by atoms with van der Waals surface area (Å²) in [5.41, 5.74) is 0.825. The molecule has 0 unspecified atom stereocenters. The zero-order valence-corrected chi connectivity index (χ0v) is 13.7. The molecule has 2 aromatic rings. The summed E-state index contributed by atoms with van der Waals surface area (Å²) in [5, 5.41) is 11.3. The molecule has 122 valence electrons. The van der Waals surface area contributed by atoms with Crippen LogP contribution in [0.1, 0.15) is 6.92 Å². The van der Waals surface area contributed by atoms with E-state index in [4.69, 9.17) is 10.6 Å². The molecule has 0 aliphatic rings. The number of carbonyl (C=O) groups is 1. The Morgan fingerprint density at radius 2 is 2.17 bits per heavy atom. The summed E-state index contributed by atoms with van der Waals surface area (Å²) in [7, 11) is 0. The van der Waals surface area contributed by atoms with Gasteiger partial charge in [-0.2, -0.15) is 0 Å². The number of benzene rings is 1. The molecule has 1 amide bonds. The maximum Gasteiger partial charge on any atom is 0.230 e. The first-order chi connectivity index (χ1) is 11.2. The SMILES string of the molecule is C=CCNC(=O)CSc1nnc(-c2ccc(OCC)cc2)n1N. The average Bonchev–Trinajstić information content (AvgIpc) is 2.93. The van der Waals surface area contributed by atoms with E-state index in [1.54, 1.807) is 6.08 Å². The number of hydrogen-bond acceptors (Lipinski definition) is 6. The normalized spacial score (nSPS) is 10.3. The van der Waals surface area contributed by atoms with Crippen LogP contribution in [0.15, 0.2) is 42.1 Å². The van der Waals surface area contributed by atoms with Gasteiger partial charge in [0, 0.05) is 12.1 Å². The van der Waals surface area contributed by atoms with Gasteiger partial charge in [0.1, 0.15) is 5.75 Å². The van der Waals surface area contributed by atoms with E-state index in [0.717, 1.165) is 11.3 Å². The Morgan fingerprint density at radius 1 is 1.43 bits per heavy atom. The van der Waals surface area contributed by atoms with Crippen molar-refractivity contribution in [1.82, 2.24) is 20.2 Å². The summed E-state index contributed by atoms with van der Waals surface area (Å²) >= 11 is 1.23. The Kier molecular flexibility index (Phi) is 6.04. The van der Waals surface area contributed by atoms with Crippen molar-refractivity contribution < 1.29 is 9.53 Å². The number of rotatable bonds is 8. The van der Waals surface area contributed by atoms with Crippen LogP contribution in [-0.4, -0.2) is 39.7 Å². The van der Waals surface area contributed by atoms with E-state index >= 15 is 0 Å². The molecule has 0 saturated heterocycles. The van der Waals surface area contributed by atoms with Crippen LogP contribution in [0.5, 0.6) is 5.75 Å². The fourth-order valence-corrected chi connectivity index (χ4v) is 2.49. The van der Waals surface area contributed by atoms with Crippen LogP contribution in [0.4, 0.5) is 0 Å². The van der Waals surface area contributed by atoms with Crippen molar-refractivity contribution in [3.8, 4) is 17.1 Å². The van der Waals surface area contributed by atoms with Gasteiger partial charge in [-0.25, -0.2) is 4.68 Å². The maximum atomic E-state index is 11.6. The van der Waals surface area contributed by atoms with E-state index in [2.05, 4.69) is 22.1 Å². The van der Waals surface area contributed by atoms with E-state index in [0.29, 0.717) is 24.1 Å². The summed E-state index contributed by atoms with van der Waals surface area (Å²) in [6, 6.07) is 7.43. The van der Waals surface area contributed by atoms with Crippen LogP contribution in [0.2, 0.25) is 0 Å². The Hall–Kier alpha value is -2.48. The Bertz CT molecular complexity index is 669. The number of carbonyl (C=O) groups excluding carboxylic acids is 1. The number of thioether (sulfide) groups is 1. The van der Waals surface area contributed by atoms with Gasteiger partial charge < -0.3 is 15.9 Å². The molecule has 1 aromatic carbocycles. The molecular weight excluding hydrogens is 314 g/mol. The highest BCUT2D eigenvalue weighted by molar-refractivity contribution is 7.99. The average molecular weight is 333 g/mol. The molecule has 0 aliphatic carbocycles. The van der Waals surface area contributed by atoms with Crippen molar-refractivity contribution in [1.29, 1.82) is 0 Å². The van der Waals surface area contributed by atoms with Gasteiger partial charge in [-0.3, -0.25) is 4.79 Å². The zero-order chi connectivity index (χ0) is 16.7. The minimum Gasteiger partial charge on any atom is -0.494 e. The van der Waals surface area contributed by atoms with Crippen LogP contribution in [0.3, 0.4) is 0 Å². The first kappa shape index (κ1) is 16.9. The monoisotopic (exact) mass is 333 g/mol. The summed E-state index contributed by atoms with van der Waals surface area (Å²) in [5.74, 6) is 7.43. The van der Waals surface area contributed by atoms with E-state index in [1.807, 2.05) is 31.2 Å². The van der Waals surface area contributed by atoms with Crippen molar-refractivity contribution in [3.05, 3.63) is 36.9 Å². The molecule has 1 aromatic heterocycles. The molecule has 0 bridgehead atoms. The van der Waals surface area contributed by atoms with Gasteiger partial charge >= 0.3 is 0 Å². The summed E-state index contributed by atoms with van der Waals surface area (Å²) in [4.78, 5) is 11.6. The van der Waals surface area contributed by atoms with Gasteiger partial charge in [-0.05, 0) is 31.2 Å². The summed E-state index contributed by atoms with van der Waals surface area (Å²) < 4.78 is 6.78. The lowest BCUT2D eigenvalue weighted by Crippen LogP contribution is -2.25. The molecule has 0 atom stereocenters. The number of nitrogen functional groups attached to an aromatic ring is 1. The van der Waals surface area contributed by atoms with E-state index in [-0.39, 0.29) is 11.7 Å². The molecule has 23 heavy (non-hydrogen) atoms. The van der Waals surface area contributed by atoms with Crippen LogP contribution >= 0.6 is 11.8 Å². The molecule has 8 heteroatoms. The number of nitrogens with two attached hydrogens (primary N) is 1. The number of nitrogens with zero attached hydrogens (tertiary/aromatic N) is 3. The largest absolute Gasteiger partial charge is 0.494 e. The number of hydrogen-bond donors (Lipinski definition) is 2. The number of aromatic nitrogens is 3. The minimum atomic E-state index is -0.111. The number of nitrogens with one attached hydrogen (secondary N) is 1. The third-order valence-corrected chi connectivity index (χ3v) is 3.81. The van der Waals surface area contributed by atoms with Crippen LogP contribution in [0, 0.1) is 0 Å². The molecular formula is C15H19N5O2S. The lowest BCUT2D eigenvalue weighted by molar-refractivity contribution is -0.118. The van der Waals surface area contributed by atoms with Crippen LogP contribution in [-0.2, 0) is 4.79 Å². The molecule has 0 radical (unpaired) electrons.